The van der Waals surface area contributed by atoms with E-state index in [1.807, 2.05) is 41.5 Å². The molecule has 0 radical (unpaired) electrons. The number of carbonyl (C=O) groups excluding carboxylic acids is 5. The summed E-state index contributed by atoms with van der Waals surface area (Å²) in [6.45, 7) is 17.7. The molecule has 3 saturated carbocycles. The number of Topliss-reactive ketones (excluding diaryl/α,β-unsaturated/α-hetero) is 1. The molecule has 0 bridgehead atoms. The fourth-order valence-corrected chi connectivity index (χ4v) is 10.7. The smallest absolute Gasteiger partial charge is 0.315 e. The maximum atomic E-state index is 14.5. The standard InChI is InChI=1S/C37H64N6O7S/c1-10-12-16-26(29(44)32(46)38-24-17-18-24)39-31(45)28-27-25(36(27,8)9)21-42(28)33(47)30(35(5,6)7)40-34(48)41-37(19-14-13-15-20-37)22-51(49,50)43(11-2)23(3)4/h23-28,30H,10-22H2,1-9H3,(H,38,46)(H,39,45)(H2,40,41,48)/t25-,26-,27-,28-,30+/m0/s1. The number of piperidine rings is 1. The zero-order chi connectivity index (χ0) is 38.1. The van der Waals surface area contributed by atoms with E-state index in [4.69, 9.17) is 0 Å². The number of sulfonamides is 1. The van der Waals surface area contributed by atoms with Crippen molar-refractivity contribution in [2.75, 3.05) is 18.8 Å². The van der Waals surface area contributed by atoms with Gasteiger partial charge in [-0.1, -0.05) is 80.6 Å². The Morgan fingerprint density at radius 1 is 0.961 bits per heavy atom. The summed E-state index contributed by atoms with van der Waals surface area (Å²) in [5.74, 6) is -2.55. The summed E-state index contributed by atoms with van der Waals surface area (Å²) in [6, 6.07) is -3.75. The number of amides is 5. The summed E-state index contributed by atoms with van der Waals surface area (Å²) in [7, 11) is -3.70. The molecule has 4 N–H and O–H groups in total. The maximum absolute atomic E-state index is 14.5. The summed E-state index contributed by atoms with van der Waals surface area (Å²) >= 11 is 0. The molecule has 0 aromatic carbocycles. The topological polar surface area (TPSA) is 174 Å². The van der Waals surface area contributed by atoms with E-state index < -0.39 is 68.6 Å². The third kappa shape index (κ3) is 9.44. The van der Waals surface area contributed by atoms with E-state index in [1.54, 1.807) is 11.8 Å². The van der Waals surface area contributed by atoms with Crippen molar-refractivity contribution < 1.29 is 32.4 Å². The van der Waals surface area contributed by atoms with Gasteiger partial charge in [-0.25, -0.2) is 13.2 Å². The molecule has 1 heterocycles. The molecule has 0 aromatic heterocycles. The second-order valence-corrected chi connectivity index (χ2v) is 19.4. The Labute approximate surface area is 305 Å². The molecule has 14 heteroatoms. The van der Waals surface area contributed by atoms with E-state index in [2.05, 4.69) is 35.1 Å². The Balaban J connectivity index is 1.54. The summed E-state index contributed by atoms with van der Waals surface area (Å²) in [4.78, 5) is 70.0. The summed E-state index contributed by atoms with van der Waals surface area (Å²) in [5, 5.41) is 11.5. The molecule has 0 aromatic rings. The molecular weight excluding hydrogens is 673 g/mol. The third-order valence-corrected chi connectivity index (χ3v) is 14.0. The van der Waals surface area contributed by atoms with Crippen LogP contribution in [0, 0.1) is 22.7 Å². The Hall–Kier alpha value is -2.74. The van der Waals surface area contributed by atoms with Crippen molar-refractivity contribution in [2.24, 2.45) is 22.7 Å². The Bertz CT molecular complexity index is 1430. The highest BCUT2D eigenvalue weighted by atomic mass is 32.2. The number of fused-ring (bicyclic) bond motifs is 1. The monoisotopic (exact) mass is 736 g/mol. The zero-order valence-electron chi connectivity index (χ0n) is 32.4. The Kier molecular flexibility index (Phi) is 12.6. The van der Waals surface area contributed by atoms with Crippen LogP contribution in [0.4, 0.5) is 4.79 Å². The van der Waals surface area contributed by atoms with E-state index in [1.165, 1.54) is 4.31 Å². The first-order chi connectivity index (χ1) is 23.7. The number of carbonyl (C=O) groups is 5. The molecule has 5 atom stereocenters. The number of likely N-dealkylation sites (tertiary alicyclic amines) is 1. The van der Waals surface area contributed by atoms with Crippen LogP contribution in [0.15, 0.2) is 0 Å². The third-order valence-electron chi connectivity index (χ3n) is 11.7. The first-order valence-corrected chi connectivity index (χ1v) is 20.8. The summed E-state index contributed by atoms with van der Waals surface area (Å²) < 4.78 is 28.6. The lowest BCUT2D eigenvalue weighted by Gasteiger charge is -2.41. The van der Waals surface area contributed by atoms with Crippen molar-refractivity contribution in [3.8, 4) is 0 Å². The van der Waals surface area contributed by atoms with Crippen LogP contribution >= 0.6 is 0 Å². The molecule has 1 aliphatic heterocycles. The minimum absolute atomic E-state index is 0.00226. The fourth-order valence-electron chi connectivity index (χ4n) is 8.46. The molecule has 4 aliphatic rings. The van der Waals surface area contributed by atoms with Gasteiger partial charge in [-0.15, -0.1) is 0 Å². The van der Waals surface area contributed by atoms with Crippen LogP contribution in [0.2, 0.25) is 0 Å². The van der Waals surface area contributed by atoms with E-state index in [0.717, 1.165) is 38.5 Å². The molecule has 290 valence electrons. The normalized spacial score (nSPS) is 25.1. The molecule has 51 heavy (non-hydrogen) atoms. The number of unbranched alkanes of at least 4 members (excludes halogenated alkanes) is 1. The van der Waals surface area contributed by atoms with Gasteiger partial charge in [0.25, 0.3) is 5.91 Å². The van der Waals surface area contributed by atoms with Crippen molar-refractivity contribution in [2.45, 2.75) is 162 Å². The van der Waals surface area contributed by atoms with Crippen molar-refractivity contribution in [1.82, 2.24) is 30.5 Å². The van der Waals surface area contributed by atoms with E-state index >= 15 is 0 Å². The number of nitrogens with zero attached hydrogens (tertiary/aromatic N) is 2. The summed E-state index contributed by atoms with van der Waals surface area (Å²) in [6.07, 6.45) is 6.91. The van der Waals surface area contributed by atoms with Crippen molar-refractivity contribution >= 4 is 39.6 Å². The summed E-state index contributed by atoms with van der Waals surface area (Å²) in [5.41, 5.74) is -1.95. The molecule has 1 saturated heterocycles. The molecule has 4 rings (SSSR count). The van der Waals surface area contributed by atoms with E-state index in [0.29, 0.717) is 38.8 Å². The molecule has 0 unspecified atom stereocenters. The lowest BCUT2D eigenvalue weighted by atomic mass is 9.83. The first-order valence-electron chi connectivity index (χ1n) is 19.2. The number of ketones is 1. The van der Waals surface area contributed by atoms with Crippen LogP contribution < -0.4 is 21.3 Å². The fraction of sp³-hybridized carbons (Fsp3) is 0.865. The van der Waals surface area contributed by atoms with Gasteiger partial charge in [0.05, 0.1) is 17.3 Å². The van der Waals surface area contributed by atoms with Gasteiger partial charge >= 0.3 is 6.03 Å². The van der Waals surface area contributed by atoms with Gasteiger partial charge in [-0.3, -0.25) is 19.2 Å². The van der Waals surface area contributed by atoms with Gasteiger partial charge < -0.3 is 26.2 Å². The largest absolute Gasteiger partial charge is 0.347 e. The highest BCUT2D eigenvalue weighted by Crippen LogP contribution is 2.65. The maximum Gasteiger partial charge on any atom is 0.315 e. The predicted octanol–water partition coefficient (Wildman–Crippen LogP) is 3.47. The van der Waals surface area contributed by atoms with Crippen molar-refractivity contribution in [3.63, 3.8) is 0 Å². The first kappa shape index (κ1) is 41.0. The Morgan fingerprint density at radius 2 is 1.59 bits per heavy atom. The number of urea groups is 1. The molecule has 0 spiro atoms. The van der Waals surface area contributed by atoms with Crippen molar-refractivity contribution in [3.05, 3.63) is 0 Å². The van der Waals surface area contributed by atoms with E-state index in [-0.39, 0.29) is 35.1 Å². The molecular formula is C37H64N6O7S. The van der Waals surface area contributed by atoms with Gasteiger partial charge in [0.2, 0.25) is 27.6 Å². The number of rotatable bonds is 16. The lowest BCUT2D eigenvalue weighted by Crippen LogP contribution is -2.64. The number of hydrogen-bond acceptors (Lipinski definition) is 7. The number of nitrogens with one attached hydrogen (secondary N) is 4. The van der Waals surface area contributed by atoms with Gasteiger partial charge in [0, 0.05) is 25.2 Å². The average Bonchev–Trinajstić information content (AvgIpc) is 3.87. The minimum atomic E-state index is -3.70. The van der Waals surface area contributed by atoms with Crippen molar-refractivity contribution in [1.29, 1.82) is 0 Å². The highest BCUT2D eigenvalue weighted by molar-refractivity contribution is 7.89. The van der Waals surface area contributed by atoms with Gasteiger partial charge in [-0.2, -0.15) is 4.31 Å². The predicted molar refractivity (Wildman–Crippen MR) is 196 cm³/mol. The van der Waals surface area contributed by atoms with Gasteiger partial charge in [0.1, 0.15) is 12.1 Å². The second kappa shape index (κ2) is 15.7. The zero-order valence-corrected chi connectivity index (χ0v) is 33.2. The van der Waals surface area contributed by atoms with Crippen LogP contribution in [-0.2, 0) is 29.2 Å². The quantitative estimate of drug-likeness (QED) is 0.176. The van der Waals surface area contributed by atoms with Gasteiger partial charge in [-0.05, 0) is 68.6 Å². The van der Waals surface area contributed by atoms with Crippen LogP contribution in [0.1, 0.15) is 127 Å². The Morgan fingerprint density at radius 3 is 2.12 bits per heavy atom. The minimum Gasteiger partial charge on any atom is -0.347 e. The molecule has 13 nitrogen and oxygen atoms in total. The number of hydrogen-bond donors (Lipinski definition) is 4. The lowest BCUT2D eigenvalue weighted by molar-refractivity contribution is -0.145. The van der Waals surface area contributed by atoms with Crippen LogP contribution in [0.5, 0.6) is 0 Å². The van der Waals surface area contributed by atoms with Crippen LogP contribution in [0.25, 0.3) is 0 Å². The highest BCUT2D eigenvalue weighted by Gasteiger charge is 2.70. The van der Waals surface area contributed by atoms with Crippen LogP contribution in [0.3, 0.4) is 0 Å². The van der Waals surface area contributed by atoms with E-state index in [9.17, 15) is 32.4 Å². The van der Waals surface area contributed by atoms with Crippen LogP contribution in [-0.4, -0.2) is 102 Å². The SMILES string of the molecule is CCCC[C@H](NC(=O)[C@@H]1[C@@H]2[C@H](CN1C(=O)[C@@H](NC(=O)NC1(CS(=O)(=O)N(CC)C(C)C)CCCCC1)C(C)(C)C)C2(C)C)C(=O)C(=O)NC1CC1. The molecule has 3 aliphatic carbocycles. The second-order valence-electron chi connectivity index (χ2n) is 17.5. The van der Waals surface area contributed by atoms with Gasteiger partial charge in [0.15, 0.2) is 0 Å². The molecule has 4 fully saturated rings. The molecule has 5 amide bonds. The average molecular weight is 737 g/mol.